The standard InChI is InChI=1S/C22H24FN3O3S/c1-22(2,3)26-30(27,28)18-7-5-6-17(14-18)25-21-12-15(10-11-24-21)19-9-8-16(23)13-20(19)29-4/h5-14,26H,1-4H3,(H,24,25). The first-order valence-electron chi connectivity index (χ1n) is 9.28. The lowest BCUT2D eigenvalue weighted by Gasteiger charge is -2.20. The number of hydrogen-bond donors (Lipinski definition) is 2. The zero-order valence-corrected chi connectivity index (χ0v) is 18.0. The van der Waals surface area contributed by atoms with Gasteiger partial charge in [0.25, 0.3) is 0 Å². The second-order valence-electron chi connectivity index (χ2n) is 7.78. The molecule has 2 N–H and O–H groups in total. The van der Waals surface area contributed by atoms with Crippen LogP contribution in [0, 0.1) is 5.82 Å². The van der Waals surface area contributed by atoms with Crippen LogP contribution < -0.4 is 14.8 Å². The average Bonchev–Trinajstić information content (AvgIpc) is 2.66. The number of nitrogens with zero attached hydrogens (tertiary/aromatic N) is 1. The first-order chi connectivity index (χ1) is 14.1. The molecule has 6 nitrogen and oxygen atoms in total. The van der Waals surface area contributed by atoms with Gasteiger partial charge in [-0.25, -0.2) is 22.5 Å². The molecule has 3 aromatic rings. The van der Waals surface area contributed by atoms with E-state index in [-0.39, 0.29) is 10.7 Å². The SMILES string of the molecule is COc1cc(F)ccc1-c1ccnc(Nc2cccc(S(=O)(=O)NC(C)(C)C)c2)c1. The molecular weight excluding hydrogens is 405 g/mol. The van der Waals surface area contributed by atoms with Gasteiger partial charge in [-0.2, -0.15) is 0 Å². The van der Waals surface area contributed by atoms with Crippen molar-refractivity contribution in [2.24, 2.45) is 0 Å². The highest BCUT2D eigenvalue weighted by Crippen LogP contribution is 2.32. The van der Waals surface area contributed by atoms with Crippen LogP contribution in [0.2, 0.25) is 0 Å². The topological polar surface area (TPSA) is 80.3 Å². The number of pyridine rings is 1. The third kappa shape index (κ3) is 5.34. The number of sulfonamides is 1. The van der Waals surface area contributed by atoms with Crippen molar-refractivity contribution in [3.8, 4) is 16.9 Å². The summed E-state index contributed by atoms with van der Waals surface area (Å²) in [6.45, 7) is 5.35. The van der Waals surface area contributed by atoms with E-state index in [1.165, 1.54) is 25.3 Å². The number of aromatic nitrogens is 1. The van der Waals surface area contributed by atoms with E-state index in [2.05, 4.69) is 15.0 Å². The summed E-state index contributed by atoms with van der Waals surface area (Å²) in [5.41, 5.74) is 1.48. The van der Waals surface area contributed by atoms with Crippen molar-refractivity contribution < 1.29 is 17.5 Å². The first-order valence-corrected chi connectivity index (χ1v) is 10.8. The molecule has 0 atom stereocenters. The van der Waals surface area contributed by atoms with Gasteiger partial charge in [-0.3, -0.25) is 0 Å². The summed E-state index contributed by atoms with van der Waals surface area (Å²) in [7, 11) is -2.18. The molecule has 0 bridgehead atoms. The highest BCUT2D eigenvalue weighted by Gasteiger charge is 2.22. The lowest BCUT2D eigenvalue weighted by Crippen LogP contribution is -2.40. The minimum Gasteiger partial charge on any atom is -0.496 e. The number of hydrogen-bond acceptors (Lipinski definition) is 5. The van der Waals surface area contributed by atoms with Gasteiger partial charge in [0, 0.05) is 29.1 Å². The molecule has 0 aliphatic heterocycles. The molecule has 0 radical (unpaired) electrons. The van der Waals surface area contributed by atoms with Crippen molar-refractivity contribution in [1.82, 2.24) is 9.71 Å². The Morgan fingerprint density at radius 2 is 1.80 bits per heavy atom. The first kappa shape index (κ1) is 21.7. The maximum atomic E-state index is 13.5. The van der Waals surface area contributed by atoms with E-state index in [9.17, 15) is 12.8 Å². The van der Waals surface area contributed by atoms with Crippen LogP contribution in [0.15, 0.2) is 65.7 Å². The molecule has 0 spiro atoms. The molecule has 1 aromatic heterocycles. The predicted octanol–water partition coefficient (Wildman–Crippen LogP) is 4.72. The van der Waals surface area contributed by atoms with Gasteiger partial charge in [0.05, 0.1) is 12.0 Å². The number of halogens is 1. The summed E-state index contributed by atoms with van der Waals surface area (Å²) in [5.74, 6) is 0.538. The maximum Gasteiger partial charge on any atom is 0.241 e. The van der Waals surface area contributed by atoms with Crippen LogP contribution in [0.4, 0.5) is 15.9 Å². The normalized spacial score (nSPS) is 11.9. The Kier molecular flexibility index (Phi) is 6.09. The van der Waals surface area contributed by atoms with Crippen LogP contribution >= 0.6 is 0 Å². The Labute approximate surface area is 176 Å². The smallest absolute Gasteiger partial charge is 0.241 e. The number of benzene rings is 2. The van der Waals surface area contributed by atoms with E-state index in [1.807, 2.05) is 0 Å². The third-order valence-corrected chi connectivity index (χ3v) is 5.85. The average molecular weight is 430 g/mol. The lowest BCUT2D eigenvalue weighted by molar-refractivity contribution is 0.413. The predicted molar refractivity (Wildman–Crippen MR) is 116 cm³/mol. The van der Waals surface area contributed by atoms with Gasteiger partial charge >= 0.3 is 0 Å². The van der Waals surface area contributed by atoms with Gasteiger partial charge in [0.1, 0.15) is 17.4 Å². The van der Waals surface area contributed by atoms with Crippen LogP contribution in [-0.4, -0.2) is 26.1 Å². The Hall–Kier alpha value is -2.97. The maximum absolute atomic E-state index is 13.5. The fraction of sp³-hybridized carbons (Fsp3) is 0.227. The number of methoxy groups -OCH3 is 1. The molecule has 0 amide bonds. The number of rotatable bonds is 6. The second-order valence-corrected chi connectivity index (χ2v) is 9.47. The Morgan fingerprint density at radius 3 is 2.50 bits per heavy atom. The van der Waals surface area contributed by atoms with Crippen molar-refractivity contribution in [2.45, 2.75) is 31.2 Å². The van der Waals surface area contributed by atoms with Gasteiger partial charge < -0.3 is 10.1 Å². The summed E-state index contributed by atoms with van der Waals surface area (Å²) >= 11 is 0. The van der Waals surface area contributed by atoms with Gasteiger partial charge in [0.15, 0.2) is 0 Å². The van der Waals surface area contributed by atoms with Crippen molar-refractivity contribution in [3.63, 3.8) is 0 Å². The fourth-order valence-electron chi connectivity index (χ4n) is 2.92. The molecule has 8 heteroatoms. The van der Waals surface area contributed by atoms with E-state index >= 15 is 0 Å². The molecule has 0 fully saturated rings. The summed E-state index contributed by atoms with van der Waals surface area (Å²) in [6.07, 6.45) is 1.61. The van der Waals surface area contributed by atoms with Crippen molar-refractivity contribution in [2.75, 3.05) is 12.4 Å². The third-order valence-electron chi connectivity index (χ3n) is 4.09. The second kappa shape index (κ2) is 8.41. The fourth-order valence-corrected chi connectivity index (χ4v) is 4.38. The van der Waals surface area contributed by atoms with Crippen molar-refractivity contribution >= 4 is 21.5 Å². The van der Waals surface area contributed by atoms with Gasteiger partial charge in [0.2, 0.25) is 10.0 Å². The zero-order chi connectivity index (χ0) is 21.9. The summed E-state index contributed by atoms with van der Waals surface area (Å²) in [5, 5.41) is 3.12. The molecule has 0 aliphatic carbocycles. The molecule has 158 valence electrons. The van der Waals surface area contributed by atoms with Crippen LogP contribution in [0.25, 0.3) is 11.1 Å². The lowest BCUT2D eigenvalue weighted by atomic mass is 10.1. The summed E-state index contributed by atoms with van der Waals surface area (Å²) < 4.78 is 46.6. The summed E-state index contributed by atoms with van der Waals surface area (Å²) in [6, 6.07) is 14.4. The Morgan fingerprint density at radius 1 is 1.03 bits per heavy atom. The van der Waals surface area contributed by atoms with Crippen LogP contribution in [0.3, 0.4) is 0 Å². The number of ether oxygens (including phenoxy) is 1. The molecule has 2 aromatic carbocycles. The van der Waals surface area contributed by atoms with Gasteiger partial charge in [-0.15, -0.1) is 0 Å². The van der Waals surface area contributed by atoms with Crippen LogP contribution in [0.1, 0.15) is 20.8 Å². The largest absolute Gasteiger partial charge is 0.496 e. The van der Waals surface area contributed by atoms with Crippen LogP contribution in [-0.2, 0) is 10.0 Å². The minimum absolute atomic E-state index is 0.152. The van der Waals surface area contributed by atoms with E-state index < -0.39 is 15.6 Å². The van der Waals surface area contributed by atoms with Gasteiger partial charge in [-0.05, 0) is 68.8 Å². The highest BCUT2D eigenvalue weighted by molar-refractivity contribution is 7.89. The van der Waals surface area contributed by atoms with E-state index in [4.69, 9.17) is 4.74 Å². The quantitative estimate of drug-likeness (QED) is 0.593. The number of nitrogens with one attached hydrogen (secondary N) is 2. The highest BCUT2D eigenvalue weighted by atomic mass is 32.2. The minimum atomic E-state index is -3.66. The molecule has 0 unspecified atom stereocenters. The molecular formula is C22H24FN3O3S. The monoisotopic (exact) mass is 429 g/mol. The molecule has 0 saturated carbocycles. The molecule has 30 heavy (non-hydrogen) atoms. The van der Waals surface area contributed by atoms with E-state index in [0.717, 1.165) is 11.1 Å². The van der Waals surface area contributed by atoms with E-state index in [1.54, 1.807) is 63.4 Å². The Balaban J connectivity index is 1.89. The van der Waals surface area contributed by atoms with Crippen molar-refractivity contribution in [3.05, 3.63) is 66.6 Å². The molecule has 0 aliphatic rings. The van der Waals surface area contributed by atoms with Crippen LogP contribution in [0.5, 0.6) is 5.75 Å². The van der Waals surface area contributed by atoms with E-state index in [0.29, 0.717) is 17.3 Å². The molecule has 3 rings (SSSR count). The zero-order valence-electron chi connectivity index (χ0n) is 17.2. The Bertz CT molecular complexity index is 1160. The molecule has 1 heterocycles. The molecule has 0 saturated heterocycles. The summed E-state index contributed by atoms with van der Waals surface area (Å²) in [4.78, 5) is 4.45. The number of anilines is 2. The van der Waals surface area contributed by atoms with Gasteiger partial charge in [-0.1, -0.05) is 6.07 Å². The van der Waals surface area contributed by atoms with Crippen molar-refractivity contribution in [1.29, 1.82) is 0 Å².